The quantitative estimate of drug-likeness (QED) is 0.576. The minimum Gasteiger partial charge on any atom is -0.469 e. The zero-order valence-corrected chi connectivity index (χ0v) is 17.9. The number of hydrogen-bond acceptors (Lipinski definition) is 5. The summed E-state index contributed by atoms with van der Waals surface area (Å²) in [6.07, 6.45) is 3.81. The van der Waals surface area contributed by atoms with Crippen molar-refractivity contribution in [2.24, 2.45) is 5.92 Å². The molecule has 7 heteroatoms. The van der Waals surface area contributed by atoms with Gasteiger partial charge in [0.15, 0.2) is 11.0 Å². The van der Waals surface area contributed by atoms with Gasteiger partial charge in [0.2, 0.25) is 5.91 Å². The summed E-state index contributed by atoms with van der Waals surface area (Å²) in [5.41, 5.74) is 1.86. The molecule has 1 aromatic carbocycles. The fourth-order valence-electron chi connectivity index (χ4n) is 3.64. The van der Waals surface area contributed by atoms with Crippen molar-refractivity contribution < 1.29 is 9.21 Å². The lowest BCUT2D eigenvalue weighted by molar-refractivity contribution is -0.131. The Morgan fingerprint density at radius 1 is 1.17 bits per heavy atom. The highest BCUT2D eigenvalue weighted by molar-refractivity contribution is 8.00. The molecule has 1 atom stereocenters. The molecule has 29 heavy (non-hydrogen) atoms. The normalized spacial score (nSPS) is 16.2. The summed E-state index contributed by atoms with van der Waals surface area (Å²) in [4.78, 5) is 15.0. The van der Waals surface area contributed by atoms with Crippen LogP contribution in [0.15, 0.2) is 52.2 Å². The van der Waals surface area contributed by atoms with Gasteiger partial charge in [-0.2, -0.15) is 0 Å². The molecule has 3 heterocycles. The second-order valence-electron chi connectivity index (χ2n) is 7.64. The van der Waals surface area contributed by atoms with Gasteiger partial charge in [-0.25, -0.2) is 0 Å². The van der Waals surface area contributed by atoms with Crippen molar-refractivity contribution in [3.8, 4) is 17.1 Å². The number of hydrogen-bond donors (Lipinski definition) is 0. The van der Waals surface area contributed by atoms with E-state index in [4.69, 9.17) is 4.42 Å². The van der Waals surface area contributed by atoms with Crippen molar-refractivity contribution in [3.63, 3.8) is 0 Å². The largest absolute Gasteiger partial charge is 0.469 e. The van der Waals surface area contributed by atoms with Crippen LogP contribution in [-0.4, -0.2) is 43.9 Å². The summed E-state index contributed by atoms with van der Waals surface area (Å²) in [5, 5.41) is 9.35. The summed E-state index contributed by atoms with van der Waals surface area (Å²) < 4.78 is 7.48. The molecule has 1 aliphatic heterocycles. The number of carbonyl (C=O) groups is 1. The van der Waals surface area contributed by atoms with Gasteiger partial charge in [0.1, 0.15) is 5.76 Å². The number of amides is 1. The number of carbonyl (C=O) groups excluding carboxylic acids is 1. The van der Waals surface area contributed by atoms with Crippen molar-refractivity contribution in [3.05, 3.63) is 48.4 Å². The zero-order valence-electron chi connectivity index (χ0n) is 17.0. The highest BCUT2D eigenvalue weighted by Crippen LogP contribution is 2.32. The van der Waals surface area contributed by atoms with E-state index in [-0.39, 0.29) is 11.2 Å². The summed E-state index contributed by atoms with van der Waals surface area (Å²) >= 11 is 1.46. The maximum absolute atomic E-state index is 13.0. The molecule has 6 nitrogen and oxygen atoms in total. The third-order valence-electron chi connectivity index (χ3n) is 5.47. The molecule has 0 aliphatic carbocycles. The molecule has 0 saturated carbocycles. The lowest BCUT2D eigenvalue weighted by Gasteiger charge is -2.32. The molecular weight excluding hydrogens is 384 g/mol. The van der Waals surface area contributed by atoms with E-state index in [1.165, 1.54) is 11.8 Å². The van der Waals surface area contributed by atoms with E-state index < -0.39 is 0 Å². The first-order valence-electron chi connectivity index (χ1n) is 10.1. The van der Waals surface area contributed by atoms with Crippen LogP contribution in [0.5, 0.6) is 0 Å². The first-order chi connectivity index (χ1) is 14.0. The Kier molecular flexibility index (Phi) is 5.76. The number of aryl methyl sites for hydroxylation is 1. The molecule has 1 aliphatic rings. The number of furan rings is 1. The number of benzene rings is 1. The summed E-state index contributed by atoms with van der Waals surface area (Å²) in [5.74, 6) is 2.38. The van der Waals surface area contributed by atoms with Gasteiger partial charge in [-0.1, -0.05) is 36.9 Å². The Morgan fingerprint density at radius 2 is 1.90 bits per heavy atom. The number of nitrogens with zero attached hydrogens (tertiary/aromatic N) is 4. The predicted molar refractivity (Wildman–Crippen MR) is 114 cm³/mol. The van der Waals surface area contributed by atoms with Gasteiger partial charge in [0, 0.05) is 18.8 Å². The molecule has 1 amide bonds. The average Bonchev–Trinajstić information content (AvgIpc) is 3.34. The van der Waals surface area contributed by atoms with Crippen LogP contribution in [0.1, 0.15) is 32.4 Å². The van der Waals surface area contributed by atoms with Crippen LogP contribution in [0.25, 0.3) is 17.1 Å². The number of likely N-dealkylation sites (tertiary alicyclic amines) is 1. The van der Waals surface area contributed by atoms with E-state index in [0.29, 0.717) is 11.1 Å². The monoisotopic (exact) mass is 410 g/mol. The third-order valence-corrected chi connectivity index (χ3v) is 6.50. The Balaban J connectivity index is 1.63. The standard InChI is InChI=1S/C22H26N4O2S/c1-15-9-12-25(13-10-15)21(27)17(3)29-22-24-23-20(19-11-14-28-16(19)2)26(22)18-7-5-4-6-8-18/h4-8,11,14-15,17H,9-10,12-13H2,1-3H3. The first-order valence-corrected chi connectivity index (χ1v) is 10.9. The van der Waals surface area contributed by atoms with E-state index >= 15 is 0 Å². The Morgan fingerprint density at radius 3 is 2.55 bits per heavy atom. The van der Waals surface area contributed by atoms with E-state index in [2.05, 4.69) is 17.1 Å². The second kappa shape index (κ2) is 8.45. The lowest BCUT2D eigenvalue weighted by atomic mass is 9.99. The maximum atomic E-state index is 13.0. The number of para-hydroxylation sites is 1. The van der Waals surface area contributed by atoms with Crippen LogP contribution >= 0.6 is 11.8 Å². The minimum absolute atomic E-state index is 0.172. The number of aromatic nitrogens is 3. The molecule has 152 valence electrons. The molecule has 1 unspecified atom stereocenters. The van der Waals surface area contributed by atoms with E-state index in [9.17, 15) is 4.79 Å². The van der Waals surface area contributed by atoms with Gasteiger partial charge in [0.05, 0.1) is 17.1 Å². The van der Waals surface area contributed by atoms with Crippen molar-refractivity contribution >= 4 is 17.7 Å². The molecule has 0 spiro atoms. The van der Waals surface area contributed by atoms with Crippen LogP contribution in [0, 0.1) is 12.8 Å². The molecule has 1 fully saturated rings. The van der Waals surface area contributed by atoms with Gasteiger partial charge < -0.3 is 9.32 Å². The fourth-order valence-corrected chi connectivity index (χ4v) is 4.59. The number of rotatable bonds is 5. The van der Waals surface area contributed by atoms with Crippen molar-refractivity contribution in [2.45, 2.75) is 44.0 Å². The molecule has 0 bridgehead atoms. The number of thioether (sulfide) groups is 1. The van der Waals surface area contributed by atoms with Crippen LogP contribution in [-0.2, 0) is 4.79 Å². The predicted octanol–water partition coefficient (Wildman–Crippen LogP) is 4.57. The van der Waals surface area contributed by atoms with Crippen LogP contribution in [0.2, 0.25) is 0 Å². The summed E-state index contributed by atoms with van der Waals surface area (Å²) in [7, 11) is 0. The topological polar surface area (TPSA) is 64.2 Å². The smallest absolute Gasteiger partial charge is 0.235 e. The van der Waals surface area contributed by atoms with Gasteiger partial charge >= 0.3 is 0 Å². The molecular formula is C22H26N4O2S. The van der Waals surface area contributed by atoms with Gasteiger partial charge in [-0.15, -0.1) is 10.2 Å². The fraction of sp³-hybridized carbons (Fsp3) is 0.409. The molecule has 3 aromatic rings. The Hall–Kier alpha value is -2.54. The Bertz CT molecular complexity index is 974. The van der Waals surface area contributed by atoms with E-state index in [1.807, 2.05) is 59.7 Å². The first kappa shape index (κ1) is 19.8. The third kappa shape index (κ3) is 4.10. The molecule has 1 saturated heterocycles. The lowest BCUT2D eigenvalue weighted by Crippen LogP contribution is -2.41. The van der Waals surface area contributed by atoms with Crippen LogP contribution in [0.3, 0.4) is 0 Å². The minimum atomic E-state index is -0.228. The van der Waals surface area contributed by atoms with Gasteiger partial charge in [-0.3, -0.25) is 9.36 Å². The Labute approximate surface area is 175 Å². The summed E-state index contributed by atoms with van der Waals surface area (Å²) in [6.45, 7) is 7.81. The van der Waals surface area contributed by atoms with Crippen LogP contribution in [0.4, 0.5) is 0 Å². The van der Waals surface area contributed by atoms with Crippen molar-refractivity contribution in [1.82, 2.24) is 19.7 Å². The highest BCUT2D eigenvalue weighted by atomic mass is 32.2. The maximum Gasteiger partial charge on any atom is 0.235 e. The van der Waals surface area contributed by atoms with Gasteiger partial charge in [0.25, 0.3) is 0 Å². The molecule has 0 radical (unpaired) electrons. The van der Waals surface area contributed by atoms with E-state index in [0.717, 1.165) is 48.8 Å². The summed E-state index contributed by atoms with van der Waals surface area (Å²) in [6, 6.07) is 11.9. The highest BCUT2D eigenvalue weighted by Gasteiger charge is 2.28. The second-order valence-corrected chi connectivity index (χ2v) is 8.94. The zero-order chi connectivity index (χ0) is 20.4. The molecule has 2 aromatic heterocycles. The molecule has 0 N–H and O–H groups in total. The average molecular weight is 411 g/mol. The van der Waals surface area contributed by atoms with Crippen LogP contribution < -0.4 is 0 Å². The van der Waals surface area contributed by atoms with E-state index in [1.54, 1.807) is 6.26 Å². The molecule has 4 rings (SSSR count). The SMILES string of the molecule is Cc1occc1-c1nnc(SC(C)C(=O)N2CCC(C)CC2)n1-c1ccccc1. The van der Waals surface area contributed by atoms with Crippen molar-refractivity contribution in [2.75, 3.05) is 13.1 Å². The number of piperidine rings is 1. The van der Waals surface area contributed by atoms with Gasteiger partial charge in [-0.05, 0) is 50.8 Å². The van der Waals surface area contributed by atoms with Crippen molar-refractivity contribution in [1.29, 1.82) is 0 Å².